The van der Waals surface area contributed by atoms with Crippen LogP contribution in [-0.2, 0) is 0 Å². The number of primary amides is 1. The van der Waals surface area contributed by atoms with Crippen LogP contribution in [0.2, 0.25) is 0 Å². The van der Waals surface area contributed by atoms with Gasteiger partial charge in [-0.05, 0) is 47.2 Å². The van der Waals surface area contributed by atoms with Gasteiger partial charge >= 0.3 is 0 Å². The number of carbonyl (C=O) groups is 1. The van der Waals surface area contributed by atoms with Gasteiger partial charge in [-0.3, -0.25) is 4.79 Å². The quantitative estimate of drug-likeness (QED) is 0.657. The van der Waals surface area contributed by atoms with Crippen LogP contribution in [0.4, 0.5) is 0 Å². The van der Waals surface area contributed by atoms with Gasteiger partial charge in [-0.1, -0.05) is 6.58 Å². The Morgan fingerprint density at radius 1 is 1.53 bits per heavy atom. The summed E-state index contributed by atoms with van der Waals surface area (Å²) in [5.41, 5.74) is 6.53. The van der Waals surface area contributed by atoms with E-state index in [1.54, 1.807) is 12.1 Å². The normalized spacial score (nSPS) is 9.82. The molecule has 0 fully saturated rings. The highest BCUT2D eigenvalue weighted by molar-refractivity contribution is 14.1. The molecule has 0 unspecified atom stereocenters. The van der Waals surface area contributed by atoms with E-state index in [9.17, 15) is 4.79 Å². The number of halogens is 1. The van der Waals surface area contributed by atoms with E-state index in [0.717, 1.165) is 9.14 Å². The smallest absolute Gasteiger partial charge is 0.248 e. The molecule has 17 heavy (non-hydrogen) atoms. The summed E-state index contributed by atoms with van der Waals surface area (Å²) in [7, 11) is 1.52. The average molecular weight is 347 g/mol. The molecule has 1 aromatic carbocycles. The molecule has 1 aromatic rings. The summed E-state index contributed by atoms with van der Waals surface area (Å²) in [6.07, 6.45) is 0. The van der Waals surface area contributed by atoms with Crippen molar-refractivity contribution in [2.75, 3.05) is 13.7 Å². The fraction of sp³-hybridized carbons (Fsp3) is 0.250. The van der Waals surface area contributed by atoms with Crippen LogP contribution in [0.15, 0.2) is 24.3 Å². The van der Waals surface area contributed by atoms with Gasteiger partial charge in [-0.2, -0.15) is 0 Å². The highest BCUT2D eigenvalue weighted by Crippen LogP contribution is 2.34. The number of amides is 1. The summed E-state index contributed by atoms with van der Waals surface area (Å²) < 4.78 is 11.5. The van der Waals surface area contributed by atoms with Crippen LogP contribution in [0.25, 0.3) is 0 Å². The molecule has 0 bridgehead atoms. The Kier molecular flexibility index (Phi) is 4.80. The maximum Gasteiger partial charge on any atom is 0.248 e. The predicted molar refractivity (Wildman–Crippen MR) is 74.5 cm³/mol. The maximum atomic E-state index is 11.1. The Morgan fingerprint density at radius 2 is 2.18 bits per heavy atom. The molecular weight excluding hydrogens is 333 g/mol. The van der Waals surface area contributed by atoms with E-state index in [0.29, 0.717) is 23.7 Å². The lowest BCUT2D eigenvalue weighted by Crippen LogP contribution is -2.12. The van der Waals surface area contributed by atoms with E-state index in [1.807, 2.05) is 6.92 Å². The molecule has 0 radical (unpaired) electrons. The van der Waals surface area contributed by atoms with Crippen LogP contribution in [0, 0.1) is 3.57 Å². The van der Waals surface area contributed by atoms with Crippen molar-refractivity contribution in [2.45, 2.75) is 6.92 Å². The zero-order valence-corrected chi connectivity index (χ0v) is 11.9. The van der Waals surface area contributed by atoms with Gasteiger partial charge in [0.15, 0.2) is 11.5 Å². The number of methoxy groups -OCH3 is 1. The summed E-state index contributed by atoms with van der Waals surface area (Å²) >= 11 is 2.07. The summed E-state index contributed by atoms with van der Waals surface area (Å²) in [5, 5.41) is 0. The molecule has 0 heterocycles. The number of rotatable bonds is 5. The van der Waals surface area contributed by atoms with Crippen molar-refractivity contribution in [3.05, 3.63) is 33.4 Å². The third kappa shape index (κ3) is 3.62. The maximum absolute atomic E-state index is 11.1. The molecular formula is C12H14INO3. The summed E-state index contributed by atoms with van der Waals surface area (Å²) in [6.45, 7) is 6.04. The Hall–Kier alpha value is -1.24. The van der Waals surface area contributed by atoms with Crippen molar-refractivity contribution in [1.82, 2.24) is 0 Å². The number of hydrogen-bond donors (Lipinski definition) is 1. The summed E-state index contributed by atoms with van der Waals surface area (Å²) in [4.78, 5) is 11.1. The van der Waals surface area contributed by atoms with Crippen molar-refractivity contribution in [1.29, 1.82) is 0 Å². The molecule has 2 N–H and O–H groups in total. The molecule has 0 aromatic heterocycles. The first-order valence-electron chi connectivity index (χ1n) is 4.90. The van der Waals surface area contributed by atoms with Crippen molar-refractivity contribution in [3.8, 4) is 11.5 Å². The molecule has 1 rings (SSSR count). The second kappa shape index (κ2) is 5.90. The molecule has 0 aliphatic heterocycles. The first-order valence-corrected chi connectivity index (χ1v) is 5.98. The van der Waals surface area contributed by atoms with E-state index in [4.69, 9.17) is 15.2 Å². The van der Waals surface area contributed by atoms with E-state index in [2.05, 4.69) is 29.2 Å². The number of hydrogen-bond acceptors (Lipinski definition) is 3. The second-order valence-electron chi connectivity index (χ2n) is 3.60. The average Bonchev–Trinajstić information content (AvgIpc) is 2.25. The van der Waals surface area contributed by atoms with Crippen molar-refractivity contribution >= 4 is 28.5 Å². The first kappa shape index (κ1) is 13.8. The Bertz CT molecular complexity index is 457. The molecule has 4 nitrogen and oxygen atoms in total. The van der Waals surface area contributed by atoms with Crippen LogP contribution >= 0.6 is 22.6 Å². The molecule has 1 amide bonds. The molecule has 0 saturated heterocycles. The molecule has 0 spiro atoms. The molecule has 0 aliphatic rings. The first-order chi connectivity index (χ1) is 7.95. The lowest BCUT2D eigenvalue weighted by atomic mass is 10.2. The Balaban J connectivity index is 3.12. The van der Waals surface area contributed by atoms with Gasteiger partial charge in [0.1, 0.15) is 6.61 Å². The fourth-order valence-corrected chi connectivity index (χ4v) is 1.95. The monoisotopic (exact) mass is 347 g/mol. The number of benzene rings is 1. The minimum Gasteiger partial charge on any atom is -0.493 e. The zero-order chi connectivity index (χ0) is 13.0. The van der Waals surface area contributed by atoms with Gasteiger partial charge in [-0.25, -0.2) is 0 Å². The van der Waals surface area contributed by atoms with Crippen molar-refractivity contribution < 1.29 is 14.3 Å². The van der Waals surface area contributed by atoms with Crippen LogP contribution < -0.4 is 15.2 Å². The van der Waals surface area contributed by atoms with Crippen LogP contribution in [0.5, 0.6) is 11.5 Å². The minimum absolute atomic E-state index is 0.397. The number of ether oxygens (including phenoxy) is 2. The molecule has 0 atom stereocenters. The van der Waals surface area contributed by atoms with E-state index in [-0.39, 0.29) is 0 Å². The molecule has 0 aliphatic carbocycles. The third-order valence-electron chi connectivity index (χ3n) is 1.98. The highest BCUT2D eigenvalue weighted by atomic mass is 127. The van der Waals surface area contributed by atoms with Gasteiger partial charge in [0.25, 0.3) is 0 Å². The van der Waals surface area contributed by atoms with Gasteiger partial charge < -0.3 is 15.2 Å². The van der Waals surface area contributed by atoms with E-state index >= 15 is 0 Å². The summed E-state index contributed by atoms with van der Waals surface area (Å²) in [6, 6.07) is 3.23. The predicted octanol–water partition coefficient (Wildman–Crippen LogP) is 2.35. The lowest BCUT2D eigenvalue weighted by Gasteiger charge is -2.13. The highest BCUT2D eigenvalue weighted by Gasteiger charge is 2.13. The van der Waals surface area contributed by atoms with Crippen molar-refractivity contribution in [3.63, 3.8) is 0 Å². The van der Waals surface area contributed by atoms with Crippen LogP contribution in [0.1, 0.15) is 17.3 Å². The van der Waals surface area contributed by atoms with Crippen LogP contribution in [0.3, 0.4) is 0 Å². The third-order valence-corrected chi connectivity index (χ3v) is 2.78. The SMILES string of the molecule is C=C(C)COc1c(I)cc(C(N)=O)cc1OC. The van der Waals surface area contributed by atoms with Gasteiger partial charge in [0.2, 0.25) is 5.91 Å². The topological polar surface area (TPSA) is 61.5 Å². The van der Waals surface area contributed by atoms with Crippen molar-refractivity contribution in [2.24, 2.45) is 5.73 Å². The number of carbonyl (C=O) groups excluding carboxylic acids is 1. The number of nitrogens with two attached hydrogens (primary N) is 1. The minimum atomic E-state index is -0.493. The second-order valence-corrected chi connectivity index (χ2v) is 4.76. The summed E-state index contributed by atoms with van der Waals surface area (Å²) in [5.74, 6) is 0.598. The molecule has 5 heteroatoms. The fourth-order valence-electron chi connectivity index (χ4n) is 1.20. The zero-order valence-electron chi connectivity index (χ0n) is 9.75. The van der Waals surface area contributed by atoms with Gasteiger partial charge in [0.05, 0.1) is 10.7 Å². The Morgan fingerprint density at radius 3 is 2.65 bits per heavy atom. The van der Waals surface area contributed by atoms with E-state index < -0.39 is 5.91 Å². The van der Waals surface area contributed by atoms with Gasteiger partial charge in [0, 0.05) is 5.56 Å². The standard InChI is InChI=1S/C12H14INO3/c1-7(2)6-17-11-9(13)4-8(12(14)15)5-10(11)16-3/h4-5H,1,6H2,2-3H3,(H2,14,15). The van der Waals surface area contributed by atoms with Crippen LogP contribution in [-0.4, -0.2) is 19.6 Å². The molecule has 92 valence electrons. The molecule has 0 saturated carbocycles. The largest absolute Gasteiger partial charge is 0.493 e. The van der Waals surface area contributed by atoms with Gasteiger partial charge in [-0.15, -0.1) is 0 Å². The Labute approximate surface area is 114 Å². The van der Waals surface area contributed by atoms with E-state index in [1.165, 1.54) is 7.11 Å². The lowest BCUT2D eigenvalue weighted by molar-refractivity contribution is 0.1000.